The molecule has 0 aliphatic carbocycles. The number of aryl methyl sites for hydroxylation is 1. The predicted octanol–water partition coefficient (Wildman–Crippen LogP) is 0.833. The second-order valence-electron chi connectivity index (χ2n) is 1.37. The molecule has 0 aliphatic rings. The third-order valence-corrected chi connectivity index (χ3v) is 0.821. The lowest BCUT2D eigenvalue weighted by Crippen LogP contribution is -1.87. The summed E-state index contributed by atoms with van der Waals surface area (Å²) in [6.07, 6.45) is 1.56. The Morgan fingerprint density at radius 2 is 2.25 bits per heavy atom. The molecule has 0 atom stereocenters. The van der Waals surface area contributed by atoms with Gasteiger partial charge in [0.25, 0.3) is 0 Å². The van der Waals surface area contributed by atoms with Gasteiger partial charge in [-0.15, -0.1) is 5.10 Å². The molecule has 0 saturated carbocycles. The Labute approximate surface area is 51.7 Å². The van der Waals surface area contributed by atoms with Gasteiger partial charge in [-0.25, -0.2) is 4.98 Å². The minimum Gasteiger partial charge on any atom is -0.223 e. The third-order valence-electron chi connectivity index (χ3n) is 0.648. The van der Waals surface area contributed by atoms with Crippen LogP contribution in [0.15, 0.2) is 6.20 Å². The maximum Gasteiger partial charge on any atom is 0.242 e. The second kappa shape index (κ2) is 2.05. The van der Waals surface area contributed by atoms with E-state index in [9.17, 15) is 0 Å². The maximum absolute atomic E-state index is 5.33. The van der Waals surface area contributed by atoms with Crippen LogP contribution in [-0.2, 0) is 0 Å². The van der Waals surface area contributed by atoms with Crippen LogP contribution in [-0.4, -0.2) is 15.2 Å². The van der Waals surface area contributed by atoms with E-state index in [1.165, 1.54) is 0 Å². The fourth-order valence-corrected chi connectivity index (χ4v) is 0.405. The zero-order valence-corrected chi connectivity index (χ0v) is 5.05. The fourth-order valence-electron chi connectivity index (χ4n) is 0.318. The van der Waals surface area contributed by atoms with E-state index in [0.717, 1.165) is 5.69 Å². The Morgan fingerprint density at radius 3 is 2.62 bits per heavy atom. The first kappa shape index (κ1) is 5.44. The maximum atomic E-state index is 5.33. The molecule has 0 spiro atoms. The van der Waals surface area contributed by atoms with Crippen molar-refractivity contribution < 1.29 is 0 Å². The summed E-state index contributed by atoms with van der Waals surface area (Å²) in [6, 6.07) is 0. The van der Waals surface area contributed by atoms with Crippen molar-refractivity contribution in [1.82, 2.24) is 15.2 Å². The topological polar surface area (TPSA) is 38.7 Å². The molecule has 42 valence electrons. The van der Waals surface area contributed by atoms with E-state index in [-0.39, 0.29) is 5.28 Å². The molecule has 0 amide bonds. The van der Waals surface area contributed by atoms with Crippen LogP contribution < -0.4 is 0 Å². The van der Waals surface area contributed by atoms with Crippen molar-refractivity contribution in [3.8, 4) is 0 Å². The standard InChI is InChI=1S/C4H4ClN3/c1-3-2-6-4(5)8-7-3/h2H,1H3. The highest BCUT2D eigenvalue weighted by Crippen LogP contribution is 1.93. The van der Waals surface area contributed by atoms with E-state index in [1.54, 1.807) is 13.1 Å². The van der Waals surface area contributed by atoms with Gasteiger partial charge in [-0.1, -0.05) is 0 Å². The van der Waals surface area contributed by atoms with Crippen LogP contribution in [0.3, 0.4) is 0 Å². The van der Waals surface area contributed by atoms with Crippen molar-refractivity contribution in [1.29, 1.82) is 0 Å². The average Bonchev–Trinajstić information content (AvgIpc) is 1.77. The van der Waals surface area contributed by atoms with Gasteiger partial charge in [0.2, 0.25) is 5.28 Å². The zero-order valence-electron chi connectivity index (χ0n) is 4.30. The normalized spacial score (nSPS) is 9.25. The monoisotopic (exact) mass is 129 g/mol. The smallest absolute Gasteiger partial charge is 0.223 e. The minimum atomic E-state index is 0.190. The largest absolute Gasteiger partial charge is 0.242 e. The Morgan fingerprint density at radius 1 is 1.50 bits per heavy atom. The van der Waals surface area contributed by atoms with Crippen LogP contribution in [0.2, 0.25) is 5.28 Å². The molecule has 0 unspecified atom stereocenters. The summed E-state index contributed by atoms with van der Waals surface area (Å²) in [5.41, 5.74) is 0.773. The first-order valence-electron chi connectivity index (χ1n) is 2.11. The van der Waals surface area contributed by atoms with E-state index in [4.69, 9.17) is 11.6 Å². The quantitative estimate of drug-likeness (QED) is 0.521. The molecule has 0 aromatic carbocycles. The summed E-state index contributed by atoms with van der Waals surface area (Å²) in [5, 5.41) is 7.31. The summed E-state index contributed by atoms with van der Waals surface area (Å²) in [6.45, 7) is 1.80. The zero-order chi connectivity index (χ0) is 5.98. The number of halogens is 1. The van der Waals surface area contributed by atoms with Gasteiger partial charge >= 0.3 is 0 Å². The van der Waals surface area contributed by atoms with Crippen molar-refractivity contribution in [2.45, 2.75) is 6.92 Å². The first-order chi connectivity index (χ1) is 3.79. The second-order valence-corrected chi connectivity index (χ2v) is 1.71. The number of rotatable bonds is 0. The number of hydrogen-bond donors (Lipinski definition) is 0. The molecule has 1 heterocycles. The van der Waals surface area contributed by atoms with Crippen molar-refractivity contribution in [2.75, 3.05) is 0 Å². The molecule has 0 saturated heterocycles. The molecule has 0 aliphatic heterocycles. The van der Waals surface area contributed by atoms with Gasteiger partial charge in [0, 0.05) is 0 Å². The summed E-state index contributed by atoms with van der Waals surface area (Å²) in [5.74, 6) is 0. The van der Waals surface area contributed by atoms with Gasteiger partial charge in [0.1, 0.15) is 0 Å². The van der Waals surface area contributed by atoms with Crippen LogP contribution in [0, 0.1) is 6.92 Å². The molecule has 4 heteroatoms. The Kier molecular flexibility index (Phi) is 1.39. The number of hydrogen-bond acceptors (Lipinski definition) is 3. The Balaban J connectivity index is 3.03. The predicted molar refractivity (Wildman–Crippen MR) is 29.6 cm³/mol. The highest BCUT2D eigenvalue weighted by Gasteiger charge is 1.86. The molecular formula is C4H4ClN3. The summed E-state index contributed by atoms with van der Waals surface area (Å²) < 4.78 is 0. The number of nitrogens with zero attached hydrogens (tertiary/aromatic N) is 3. The average molecular weight is 130 g/mol. The van der Waals surface area contributed by atoms with Crippen LogP contribution in [0.4, 0.5) is 0 Å². The van der Waals surface area contributed by atoms with Gasteiger partial charge in [-0.2, -0.15) is 5.10 Å². The molecule has 3 nitrogen and oxygen atoms in total. The van der Waals surface area contributed by atoms with Crippen molar-refractivity contribution >= 4 is 11.6 Å². The van der Waals surface area contributed by atoms with E-state index < -0.39 is 0 Å². The fraction of sp³-hybridized carbons (Fsp3) is 0.250. The highest BCUT2D eigenvalue weighted by molar-refractivity contribution is 6.28. The lowest BCUT2D eigenvalue weighted by atomic mass is 10.6. The first-order valence-corrected chi connectivity index (χ1v) is 2.48. The Bertz CT molecular complexity index is 150. The molecule has 0 N–H and O–H groups in total. The molecular weight excluding hydrogens is 126 g/mol. The summed E-state index contributed by atoms with van der Waals surface area (Å²) >= 11 is 5.33. The number of aromatic nitrogens is 3. The van der Waals surface area contributed by atoms with E-state index in [0.29, 0.717) is 0 Å². The van der Waals surface area contributed by atoms with Gasteiger partial charge in [0.15, 0.2) is 0 Å². The lowest BCUT2D eigenvalue weighted by molar-refractivity contribution is 0.926. The molecule has 8 heavy (non-hydrogen) atoms. The van der Waals surface area contributed by atoms with E-state index in [1.807, 2.05) is 0 Å². The van der Waals surface area contributed by atoms with E-state index >= 15 is 0 Å². The molecule has 1 aromatic heterocycles. The van der Waals surface area contributed by atoms with Gasteiger partial charge in [-0.05, 0) is 18.5 Å². The highest BCUT2D eigenvalue weighted by atomic mass is 35.5. The van der Waals surface area contributed by atoms with Gasteiger partial charge < -0.3 is 0 Å². The molecule has 1 rings (SSSR count). The lowest BCUT2D eigenvalue weighted by Gasteiger charge is -1.85. The third kappa shape index (κ3) is 1.13. The summed E-state index contributed by atoms with van der Waals surface area (Å²) in [7, 11) is 0. The van der Waals surface area contributed by atoms with Crippen LogP contribution in [0.5, 0.6) is 0 Å². The van der Waals surface area contributed by atoms with Gasteiger partial charge in [-0.3, -0.25) is 0 Å². The van der Waals surface area contributed by atoms with Crippen molar-refractivity contribution in [2.24, 2.45) is 0 Å². The van der Waals surface area contributed by atoms with Crippen molar-refractivity contribution in [3.63, 3.8) is 0 Å². The van der Waals surface area contributed by atoms with Crippen LogP contribution in [0.25, 0.3) is 0 Å². The van der Waals surface area contributed by atoms with Gasteiger partial charge in [0.05, 0.1) is 11.9 Å². The molecule has 0 bridgehead atoms. The van der Waals surface area contributed by atoms with Crippen LogP contribution in [0.1, 0.15) is 5.69 Å². The minimum absolute atomic E-state index is 0.190. The summed E-state index contributed by atoms with van der Waals surface area (Å²) in [4.78, 5) is 3.67. The SMILES string of the molecule is Cc1cnc(Cl)nn1. The molecule has 1 aromatic rings. The van der Waals surface area contributed by atoms with Crippen LogP contribution >= 0.6 is 11.6 Å². The molecule has 0 fully saturated rings. The molecule has 0 radical (unpaired) electrons. The Hall–Kier alpha value is -0.700. The van der Waals surface area contributed by atoms with E-state index in [2.05, 4.69) is 15.2 Å². The van der Waals surface area contributed by atoms with Crippen molar-refractivity contribution in [3.05, 3.63) is 17.2 Å².